The summed E-state index contributed by atoms with van der Waals surface area (Å²) in [5.41, 5.74) is 8.13. The number of benzene rings is 5. The second-order valence-corrected chi connectivity index (χ2v) is 9.97. The molecule has 5 aromatic carbocycles. The monoisotopic (exact) mass is 467 g/mol. The number of rotatable bonds is 2. The summed E-state index contributed by atoms with van der Waals surface area (Å²) in [6, 6.07) is 35.1. The van der Waals surface area contributed by atoms with Gasteiger partial charge in [-0.1, -0.05) is 60.3 Å². The molecule has 35 heavy (non-hydrogen) atoms. The minimum Gasteiger partial charge on any atom is -0.308 e. The molecular weight excluding hydrogens is 446 g/mol. The van der Waals surface area contributed by atoms with Crippen LogP contribution in [0, 0.1) is 6.92 Å². The van der Waals surface area contributed by atoms with Gasteiger partial charge in [0.25, 0.3) is 0 Å². The zero-order chi connectivity index (χ0) is 23.4. The predicted molar refractivity (Wildman–Crippen MR) is 146 cm³/mol. The van der Waals surface area contributed by atoms with E-state index in [1.807, 2.05) is 18.0 Å². The maximum absolute atomic E-state index is 4.47. The maximum atomic E-state index is 4.47. The zero-order valence-corrected chi connectivity index (χ0v) is 20.0. The molecule has 2 heterocycles. The lowest BCUT2D eigenvalue weighted by molar-refractivity contribution is 1.17. The standard InChI is InChI=1S/C31H21N3S/c1-20-14-25(26-18-32-19-33-27(26)15-20)23-11-10-22-17-24(13-12-21(22)16-23)34-28-6-2-4-8-30(28)35-31-9-5-3-7-29(31)34/h2-19H,1H3. The van der Waals surface area contributed by atoms with Crippen molar-refractivity contribution in [1.29, 1.82) is 0 Å². The van der Waals surface area contributed by atoms with Crippen molar-refractivity contribution >= 4 is 50.5 Å². The number of para-hydroxylation sites is 2. The van der Waals surface area contributed by atoms with E-state index in [0.717, 1.165) is 10.9 Å². The largest absolute Gasteiger partial charge is 0.308 e. The Morgan fingerprint density at radius 2 is 1.43 bits per heavy atom. The summed E-state index contributed by atoms with van der Waals surface area (Å²) >= 11 is 1.83. The molecule has 166 valence electrons. The predicted octanol–water partition coefficient (Wildman–Crippen LogP) is 8.69. The summed E-state index contributed by atoms with van der Waals surface area (Å²) in [6.45, 7) is 2.12. The number of hydrogen-bond acceptors (Lipinski definition) is 4. The SMILES string of the molecule is Cc1cc(-c2ccc3cc(N4c5ccccc5Sc5ccccc54)ccc3c2)c2cncnc2c1. The van der Waals surface area contributed by atoms with Gasteiger partial charge < -0.3 is 4.90 Å². The molecule has 1 aliphatic rings. The molecule has 0 spiro atoms. The number of anilines is 3. The number of aromatic nitrogens is 2. The molecule has 0 saturated carbocycles. The smallest absolute Gasteiger partial charge is 0.116 e. The van der Waals surface area contributed by atoms with Gasteiger partial charge in [-0.2, -0.15) is 0 Å². The van der Waals surface area contributed by atoms with Crippen LogP contribution in [-0.2, 0) is 0 Å². The summed E-state index contributed by atoms with van der Waals surface area (Å²) in [5.74, 6) is 0. The van der Waals surface area contributed by atoms with Crippen molar-refractivity contribution in [2.24, 2.45) is 0 Å². The summed E-state index contributed by atoms with van der Waals surface area (Å²) in [5, 5.41) is 3.51. The van der Waals surface area contributed by atoms with Crippen molar-refractivity contribution in [2.75, 3.05) is 4.90 Å². The highest BCUT2D eigenvalue weighted by atomic mass is 32.2. The van der Waals surface area contributed by atoms with Crippen LogP contribution in [0.4, 0.5) is 17.1 Å². The molecule has 4 heteroatoms. The molecular formula is C31H21N3S. The van der Waals surface area contributed by atoms with E-state index in [9.17, 15) is 0 Å². The van der Waals surface area contributed by atoms with Crippen molar-refractivity contribution in [1.82, 2.24) is 9.97 Å². The second-order valence-electron chi connectivity index (χ2n) is 8.89. The molecule has 6 aromatic rings. The van der Waals surface area contributed by atoms with E-state index < -0.39 is 0 Å². The lowest BCUT2D eigenvalue weighted by atomic mass is 9.96. The molecule has 0 fully saturated rings. The number of fused-ring (bicyclic) bond motifs is 4. The van der Waals surface area contributed by atoms with Crippen LogP contribution in [-0.4, -0.2) is 9.97 Å². The van der Waals surface area contributed by atoms with Gasteiger partial charge in [0, 0.05) is 27.1 Å². The van der Waals surface area contributed by atoms with Gasteiger partial charge in [-0.15, -0.1) is 0 Å². The van der Waals surface area contributed by atoms with E-state index >= 15 is 0 Å². The van der Waals surface area contributed by atoms with Crippen molar-refractivity contribution < 1.29 is 0 Å². The van der Waals surface area contributed by atoms with Crippen molar-refractivity contribution in [3.8, 4) is 11.1 Å². The lowest BCUT2D eigenvalue weighted by Gasteiger charge is -2.33. The van der Waals surface area contributed by atoms with Crippen molar-refractivity contribution in [3.05, 3.63) is 115 Å². The van der Waals surface area contributed by atoms with E-state index in [4.69, 9.17) is 0 Å². The Balaban J connectivity index is 1.37. The molecule has 0 radical (unpaired) electrons. The van der Waals surface area contributed by atoms with Crippen LogP contribution in [0.5, 0.6) is 0 Å². The third kappa shape index (κ3) is 3.37. The Bertz CT molecular complexity index is 1710. The second kappa shape index (κ2) is 7.97. The van der Waals surface area contributed by atoms with E-state index in [1.54, 1.807) is 6.33 Å². The van der Waals surface area contributed by atoms with E-state index in [2.05, 4.69) is 119 Å². The topological polar surface area (TPSA) is 29.0 Å². The Morgan fingerprint density at radius 1 is 0.714 bits per heavy atom. The average molecular weight is 468 g/mol. The Labute approximate surface area is 208 Å². The first kappa shape index (κ1) is 20.2. The van der Waals surface area contributed by atoms with Crippen LogP contribution in [0.2, 0.25) is 0 Å². The molecule has 1 aromatic heterocycles. The fraction of sp³-hybridized carbons (Fsp3) is 0.0323. The average Bonchev–Trinajstić information content (AvgIpc) is 2.90. The summed E-state index contributed by atoms with van der Waals surface area (Å²) in [6.07, 6.45) is 3.52. The third-order valence-corrected chi connectivity index (χ3v) is 7.73. The van der Waals surface area contributed by atoms with Crippen molar-refractivity contribution in [3.63, 3.8) is 0 Å². The summed E-state index contributed by atoms with van der Waals surface area (Å²) in [4.78, 5) is 13.7. The van der Waals surface area contributed by atoms with Gasteiger partial charge >= 0.3 is 0 Å². The molecule has 0 N–H and O–H groups in total. The van der Waals surface area contributed by atoms with Gasteiger partial charge in [0.2, 0.25) is 0 Å². The third-order valence-electron chi connectivity index (χ3n) is 6.59. The minimum absolute atomic E-state index is 0.978. The van der Waals surface area contributed by atoms with Gasteiger partial charge in [0.1, 0.15) is 6.33 Å². The first-order valence-corrected chi connectivity index (χ1v) is 12.5. The fourth-order valence-electron chi connectivity index (χ4n) is 4.99. The van der Waals surface area contributed by atoms with Crippen LogP contribution in [0.1, 0.15) is 5.56 Å². The quantitative estimate of drug-likeness (QED) is 0.254. The van der Waals surface area contributed by atoms with E-state index in [1.165, 1.54) is 54.3 Å². The lowest BCUT2D eigenvalue weighted by Crippen LogP contribution is -2.14. The number of aryl methyl sites for hydroxylation is 1. The Hall–Kier alpha value is -4.15. The van der Waals surface area contributed by atoms with Gasteiger partial charge in [-0.25, -0.2) is 9.97 Å². The molecule has 0 bridgehead atoms. The van der Waals surface area contributed by atoms with Crippen LogP contribution in [0.15, 0.2) is 119 Å². The molecule has 0 saturated heterocycles. The molecule has 0 aliphatic carbocycles. The van der Waals surface area contributed by atoms with E-state index in [-0.39, 0.29) is 0 Å². The Kier molecular flexibility index (Phi) is 4.61. The van der Waals surface area contributed by atoms with Gasteiger partial charge in [-0.3, -0.25) is 0 Å². The molecule has 0 unspecified atom stereocenters. The van der Waals surface area contributed by atoms with Gasteiger partial charge in [0.05, 0.1) is 16.9 Å². The summed E-state index contributed by atoms with van der Waals surface area (Å²) in [7, 11) is 0. The normalized spacial score (nSPS) is 12.5. The molecule has 3 nitrogen and oxygen atoms in total. The first-order chi connectivity index (χ1) is 17.2. The first-order valence-electron chi connectivity index (χ1n) is 11.7. The highest BCUT2D eigenvalue weighted by Crippen LogP contribution is 2.51. The Morgan fingerprint density at radius 3 is 2.23 bits per heavy atom. The molecule has 7 rings (SSSR count). The highest BCUT2D eigenvalue weighted by Gasteiger charge is 2.24. The summed E-state index contributed by atoms with van der Waals surface area (Å²) < 4.78 is 0. The number of hydrogen-bond donors (Lipinski definition) is 0. The zero-order valence-electron chi connectivity index (χ0n) is 19.1. The van der Waals surface area contributed by atoms with Crippen LogP contribution >= 0.6 is 11.8 Å². The molecule has 0 amide bonds. The van der Waals surface area contributed by atoms with Crippen LogP contribution < -0.4 is 4.90 Å². The molecule has 1 aliphatic heterocycles. The van der Waals surface area contributed by atoms with Gasteiger partial charge in [0.15, 0.2) is 0 Å². The number of nitrogens with zero attached hydrogens (tertiary/aromatic N) is 3. The highest BCUT2D eigenvalue weighted by molar-refractivity contribution is 7.99. The van der Waals surface area contributed by atoms with Crippen LogP contribution in [0.3, 0.4) is 0 Å². The van der Waals surface area contributed by atoms with Gasteiger partial charge in [-0.05, 0) is 82.9 Å². The molecule has 0 atom stereocenters. The van der Waals surface area contributed by atoms with Crippen molar-refractivity contribution in [2.45, 2.75) is 16.7 Å². The minimum atomic E-state index is 0.978. The van der Waals surface area contributed by atoms with E-state index in [0.29, 0.717) is 0 Å². The van der Waals surface area contributed by atoms with Crippen LogP contribution in [0.25, 0.3) is 32.8 Å². The fourth-order valence-corrected chi connectivity index (χ4v) is 6.04. The maximum Gasteiger partial charge on any atom is 0.116 e.